The highest BCUT2D eigenvalue weighted by atomic mass is 32.2. The summed E-state index contributed by atoms with van der Waals surface area (Å²) in [6, 6.07) is 18.4. The maximum atomic E-state index is 9.53. The van der Waals surface area contributed by atoms with Crippen LogP contribution in [0.5, 0.6) is 0 Å². The Kier molecular flexibility index (Phi) is 4.23. The molecule has 21 heavy (non-hydrogen) atoms. The summed E-state index contributed by atoms with van der Waals surface area (Å²) in [5.41, 5.74) is 3.27. The Bertz CT molecular complexity index is 732. The second-order valence-electron chi connectivity index (χ2n) is 5.03. The van der Waals surface area contributed by atoms with Crippen molar-refractivity contribution in [1.82, 2.24) is 4.98 Å². The fraction of sp³-hybridized carbons (Fsp3) is 0.167. The van der Waals surface area contributed by atoms with Crippen molar-refractivity contribution in [2.24, 2.45) is 0 Å². The number of para-hydroxylation sites is 1. The lowest BCUT2D eigenvalue weighted by Crippen LogP contribution is -1.90. The van der Waals surface area contributed by atoms with Crippen molar-refractivity contribution in [2.75, 3.05) is 0 Å². The minimum Gasteiger partial charge on any atom is -0.389 e. The van der Waals surface area contributed by atoms with Crippen LogP contribution in [0.4, 0.5) is 0 Å². The standard InChI is InChI=1S/C18H17NOS/c1-13(20)14-7-9-17(10-8-14)21-12-16-5-2-4-15-6-3-11-19-18(15)16/h2-11,13,20H,12H2,1H3. The first-order chi connectivity index (χ1) is 10.2. The molecule has 1 heterocycles. The van der Waals surface area contributed by atoms with Gasteiger partial charge in [0.15, 0.2) is 0 Å². The topological polar surface area (TPSA) is 33.1 Å². The third-order valence-corrected chi connectivity index (χ3v) is 4.53. The average molecular weight is 295 g/mol. The van der Waals surface area contributed by atoms with Gasteiger partial charge in [0, 0.05) is 22.2 Å². The molecule has 0 aliphatic rings. The molecule has 0 aliphatic heterocycles. The summed E-state index contributed by atoms with van der Waals surface area (Å²) in [6.07, 6.45) is 1.43. The van der Waals surface area contributed by atoms with Crippen LogP contribution in [0.2, 0.25) is 0 Å². The van der Waals surface area contributed by atoms with Crippen LogP contribution in [-0.4, -0.2) is 10.1 Å². The molecule has 0 spiro atoms. The number of aromatic nitrogens is 1. The second-order valence-corrected chi connectivity index (χ2v) is 6.07. The first-order valence-corrected chi connectivity index (χ1v) is 7.96. The Balaban J connectivity index is 1.77. The van der Waals surface area contributed by atoms with E-state index in [1.54, 1.807) is 18.7 Å². The SMILES string of the molecule is CC(O)c1ccc(SCc2cccc3cccnc23)cc1. The third kappa shape index (κ3) is 3.26. The molecule has 0 fully saturated rings. The Morgan fingerprint density at radius 2 is 1.81 bits per heavy atom. The van der Waals surface area contributed by atoms with E-state index in [-0.39, 0.29) is 0 Å². The average Bonchev–Trinajstić information content (AvgIpc) is 2.53. The molecule has 3 heteroatoms. The molecule has 1 N–H and O–H groups in total. The molecule has 1 atom stereocenters. The van der Waals surface area contributed by atoms with Crippen molar-refractivity contribution < 1.29 is 5.11 Å². The summed E-state index contributed by atoms with van der Waals surface area (Å²) < 4.78 is 0. The lowest BCUT2D eigenvalue weighted by molar-refractivity contribution is 0.199. The number of rotatable bonds is 4. The molecule has 0 aliphatic carbocycles. The van der Waals surface area contributed by atoms with Crippen molar-refractivity contribution in [3.05, 3.63) is 71.9 Å². The van der Waals surface area contributed by atoms with Gasteiger partial charge in [-0.2, -0.15) is 0 Å². The highest BCUT2D eigenvalue weighted by Gasteiger charge is 2.04. The van der Waals surface area contributed by atoms with Crippen LogP contribution in [0.1, 0.15) is 24.2 Å². The van der Waals surface area contributed by atoms with Gasteiger partial charge in [-0.25, -0.2) is 0 Å². The number of aliphatic hydroxyl groups excluding tert-OH is 1. The number of benzene rings is 2. The molecule has 0 saturated carbocycles. The van der Waals surface area contributed by atoms with E-state index in [1.165, 1.54) is 15.8 Å². The summed E-state index contributed by atoms with van der Waals surface area (Å²) >= 11 is 1.79. The largest absolute Gasteiger partial charge is 0.389 e. The number of hydrogen-bond acceptors (Lipinski definition) is 3. The minimum atomic E-state index is -0.411. The van der Waals surface area contributed by atoms with Gasteiger partial charge in [0.05, 0.1) is 11.6 Å². The summed E-state index contributed by atoms with van der Waals surface area (Å²) in [5.74, 6) is 0.891. The maximum absolute atomic E-state index is 9.53. The lowest BCUT2D eigenvalue weighted by atomic mass is 10.1. The van der Waals surface area contributed by atoms with E-state index in [2.05, 4.69) is 41.4 Å². The van der Waals surface area contributed by atoms with E-state index in [9.17, 15) is 5.11 Å². The number of fused-ring (bicyclic) bond motifs is 1. The van der Waals surface area contributed by atoms with Crippen LogP contribution in [0.3, 0.4) is 0 Å². The highest BCUT2D eigenvalue weighted by Crippen LogP contribution is 2.27. The van der Waals surface area contributed by atoms with Crippen LogP contribution in [0.15, 0.2) is 65.7 Å². The molecule has 0 bridgehead atoms. The first-order valence-electron chi connectivity index (χ1n) is 6.97. The Labute approximate surface area is 128 Å². The van der Waals surface area contributed by atoms with E-state index in [1.807, 2.05) is 24.4 Å². The molecule has 3 aromatic rings. The molecule has 0 amide bonds. The van der Waals surface area contributed by atoms with Gasteiger partial charge in [0.2, 0.25) is 0 Å². The number of aliphatic hydroxyl groups is 1. The van der Waals surface area contributed by atoms with Gasteiger partial charge in [-0.1, -0.05) is 36.4 Å². The van der Waals surface area contributed by atoms with Crippen molar-refractivity contribution in [3.8, 4) is 0 Å². The summed E-state index contributed by atoms with van der Waals surface area (Å²) in [4.78, 5) is 5.69. The van der Waals surface area contributed by atoms with Crippen molar-refractivity contribution in [3.63, 3.8) is 0 Å². The van der Waals surface area contributed by atoms with E-state index >= 15 is 0 Å². The van der Waals surface area contributed by atoms with Gasteiger partial charge >= 0.3 is 0 Å². The Morgan fingerprint density at radius 3 is 2.57 bits per heavy atom. The second kappa shape index (κ2) is 6.29. The third-order valence-electron chi connectivity index (χ3n) is 3.47. The Hall–Kier alpha value is -1.84. The van der Waals surface area contributed by atoms with Crippen molar-refractivity contribution in [2.45, 2.75) is 23.7 Å². The molecule has 2 nitrogen and oxygen atoms in total. The van der Waals surface area contributed by atoms with E-state index in [4.69, 9.17) is 0 Å². The molecule has 1 unspecified atom stereocenters. The van der Waals surface area contributed by atoms with Crippen LogP contribution < -0.4 is 0 Å². The number of pyridine rings is 1. The van der Waals surface area contributed by atoms with Crippen LogP contribution in [0, 0.1) is 0 Å². The molecule has 2 aromatic carbocycles. The van der Waals surface area contributed by atoms with Crippen LogP contribution >= 0.6 is 11.8 Å². The monoisotopic (exact) mass is 295 g/mol. The van der Waals surface area contributed by atoms with Gasteiger partial charge in [0.1, 0.15) is 0 Å². The molecule has 1 aromatic heterocycles. The van der Waals surface area contributed by atoms with Crippen LogP contribution in [0.25, 0.3) is 10.9 Å². The van der Waals surface area contributed by atoms with E-state index < -0.39 is 6.10 Å². The van der Waals surface area contributed by atoms with Gasteiger partial charge < -0.3 is 5.11 Å². The fourth-order valence-electron chi connectivity index (χ4n) is 2.29. The van der Waals surface area contributed by atoms with Gasteiger partial charge in [-0.05, 0) is 36.2 Å². The number of thioether (sulfide) groups is 1. The van der Waals surface area contributed by atoms with E-state index in [0.717, 1.165) is 16.8 Å². The van der Waals surface area contributed by atoms with Crippen molar-refractivity contribution in [1.29, 1.82) is 0 Å². The molecule has 0 radical (unpaired) electrons. The van der Waals surface area contributed by atoms with Gasteiger partial charge in [-0.15, -0.1) is 11.8 Å². The minimum absolute atomic E-state index is 0.411. The summed E-state index contributed by atoms with van der Waals surface area (Å²) in [7, 11) is 0. The molecular formula is C18H17NOS. The number of nitrogens with zero attached hydrogens (tertiary/aromatic N) is 1. The van der Waals surface area contributed by atoms with Crippen LogP contribution in [-0.2, 0) is 5.75 Å². The highest BCUT2D eigenvalue weighted by molar-refractivity contribution is 7.98. The fourth-order valence-corrected chi connectivity index (χ4v) is 3.17. The van der Waals surface area contributed by atoms with Gasteiger partial charge in [-0.3, -0.25) is 4.98 Å². The predicted octanol–water partition coefficient (Wildman–Crippen LogP) is 4.58. The summed E-state index contributed by atoms with van der Waals surface area (Å²) in [5, 5.41) is 10.7. The lowest BCUT2D eigenvalue weighted by Gasteiger charge is -2.07. The quantitative estimate of drug-likeness (QED) is 0.715. The zero-order valence-electron chi connectivity index (χ0n) is 11.9. The maximum Gasteiger partial charge on any atom is 0.0761 e. The van der Waals surface area contributed by atoms with Crippen molar-refractivity contribution >= 4 is 22.7 Å². The zero-order valence-corrected chi connectivity index (χ0v) is 12.7. The molecular weight excluding hydrogens is 278 g/mol. The predicted molar refractivity (Wildman–Crippen MR) is 88.4 cm³/mol. The van der Waals surface area contributed by atoms with Gasteiger partial charge in [0.25, 0.3) is 0 Å². The molecule has 0 saturated heterocycles. The normalized spacial score (nSPS) is 12.5. The smallest absolute Gasteiger partial charge is 0.0761 e. The van der Waals surface area contributed by atoms with E-state index in [0.29, 0.717) is 0 Å². The number of hydrogen-bond donors (Lipinski definition) is 1. The Morgan fingerprint density at radius 1 is 1.05 bits per heavy atom. The zero-order chi connectivity index (χ0) is 14.7. The molecule has 106 valence electrons. The molecule has 3 rings (SSSR count). The summed E-state index contributed by atoms with van der Waals surface area (Å²) in [6.45, 7) is 1.78. The first kappa shape index (κ1) is 14.1.